The largest absolute Gasteiger partial charge is 0.311 e. The molecule has 1 aromatic carbocycles. The third-order valence-electron chi connectivity index (χ3n) is 5.01. The Morgan fingerprint density at radius 2 is 2.00 bits per heavy atom. The van der Waals surface area contributed by atoms with Crippen molar-refractivity contribution in [1.82, 2.24) is 10.2 Å². The molecule has 0 amide bonds. The molecule has 1 aliphatic rings. The summed E-state index contributed by atoms with van der Waals surface area (Å²) in [5, 5.41) is 3.75. The Hall–Kier alpha value is -0.860. The summed E-state index contributed by atoms with van der Waals surface area (Å²) in [5.41, 5.74) is 1.76. The number of piperazine rings is 1. The number of nitrogens with zero attached hydrogens (tertiary/aromatic N) is 1. The molecule has 2 unspecified atom stereocenters. The van der Waals surface area contributed by atoms with E-state index < -0.39 is 0 Å². The van der Waals surface area contributed by atoms with Crippen molar-refractivity contribution in [3.63, 3.8) is 0 Å². The van der Waals surface area contributed by atoms with Gasteiger partial charge in [0.25, 0.3) is 0 Å². The highest BCUT2D eigenvalue weighted by molar-refractivity contribution is 5.15. The minimum atomic E-state index is 0.306. The fourth-order valence-corrected chi connectivity index (χ4v) is 3.05. The summed E-state index contributed by atoms with van der Waals surface area (Å²) in [7, 11) is 0. The smallest absolute Gasteiger partial charge is 0.0304 e. The van der Waals surface area contributed by atoms with Crippen molar-refractivity contribution in [2.24, 2.45) is 5.92 Å². The van der Waals surface area contributed by atoms with Gasteiger partial charge in [0.1, 0.15) is 0 Å². The Balaban J connectivity index is 2.00. The molecule has 0 aromatic heterocycles. The molecule has 1 N–H and O–H groups in total. The molecule has 0 spiro atoms. The monoisotopic (exact) mass is 274 g/mol. The van der Waals surface area contributed by atoms with Crippen LogP contribution in [0.2, 0.25) is 0 Å². The third-order valence-corrected chi connectivity index (χ3v) is 5.01. The quantitative estimate of drug-likeness (QED) is 0.886. The van der Waals surface area contributed by atoms with E-state index in [1.807, 2.05) is 0 Å². The average Bonchev–Trinajstić information content (AvgIpc) is 2.47. The molecule has 0 aliphatic carbocycles. The molecule has 0 radical (unpaired) electrons. The molecule has 1 aromatic rings. The lowest BCUT2D eigenvalue weighted by atomic mass is 9.89. The van der Waals surface area contributed by atoms with Crippen LogP contribution in [0.5, 0.6) is 0 Å². The first-order valence-corrected chi connectivity index (χ1v) is 8.07. The van der Waals surface area contributed by atoms with Crippen molar-refractivity contribution >= 4 is 0 Å². The van der Waals surface area contributed by atoms with Crippen LogP contribution in [0.4, 0.5) is 0 Å². The predicted octanol–water partition coefficient (Wildman–Crippen LogP) is 3.33. The maximum Gasteiger partial charge on any atom is 0.0304 e. The van der Waals surface area contributed by atoms with E-state index in [1.165, 1.54) is 25.1 Å². The lowest BCUT2D eigenvalue weighted by Gasteiger charge is -2.49. The van der Waals surface area contributed by atoms with Gasteiger partial charge in [-0.2, -0.15) is 0 Å². The zero-order valence-electron chi connectivity index (χ0n) is 13.5. The first kappa shape index (κ1) is 15.5. The SMILES string of the molecule is CCC1(C)CNC(C(C)C)CN1CCc1ccccc1. The van der Waals surface area contributed by atoms with Gasteiger partial charge in [-0.15, -0.1) is 0 Å². The van der Waals surface area contributed by atoms with Crippen LogP contribution in [0.3, 0.4) is 0 Å². The number of rotatable bonds is 5. The van der Waals surface area contributed by atoms with E-state index in [-0.39, 0.29) is 0 Å². The molecular weight excluding hydrogens is 244 g/mol. The number of hydrogen-bond donors (Lipinski definition) is 1. The molecular formula is C18H30N2. The Morgan fingerprint density at radius 3 is 2.60 bits per heavy atom. The van der Waals surface area contributed by atoms with E-state index in [0.717, 1.165) is 13.0 Å². The van der Waals surface area contributed by atoms with E-state index in [1.54, 1.807) is 0 Å². The van der Waals surface area contributed by atoms with Gasteiger partial charge in [-0.05, 0) is 31.2 Å². The van der Waals surface area contributed by atoms with Gasteiger partial charge in [0, 0.05) is 31.2 Å². The Morgan fingerprint density at radius 1 is 1.30 bits per heavy atom. The van der Waals surface area contributed by atoms with Gasteiger partial charge >= 0.3 is 0 Å². The molecule has 1 heterocycles. The number of nitrogens with one attached hydrogen (secondary N) is 1. The summed E-state index contributed by atoms with van der Waals surface area (Å²) < 4.78 is 0. The van der Waals surface area contributed by atoms with E-state index in [2.05, 4.69) is 68.2 Å². The minimum Gasteiger partial charge on any atom is -0.311 e. The summed E-state index contributed by atoms with van der Waals surface area (Å²) in [6.07, 6.45) is 2.36. The van der Waals surface area contributed by atoms with Crippen LogP contribution in [0, 0.1) is 5.92 Å². The predicted molar refractivity (Wildman–Crippen MR) is 87.0 cm³/mol. The first-order valence-electron chi connectivity index (χ1n) is 8.07. The van der Waals surface area contributed by atoms with Crippen LogP contribution >= 0.6 is 0 Å². The van der Waals surface area contributed by atoms with E-state index in [0.29, 0.717) is 17.5 Å². The van der Waals surface area contributed by atoms with Crippen LogP contribution in [0.25, 0.3) is 0 Å². The molecule has 1 fully saturated rings. The second-order valence-electron chi connectivity index (χ2n) is 6.76. The van der Waals surface area contributed by atoms with Crippen molar-refractivity contribution in [3.05, 3.63) is 35.9 Å². The zero-order valence-corrected chi connectivity index (χ0v) is 13.5. The lowest BCUT2D eigenvalue weighted by Crippen LogP contribution is -2.64. The van der Waals surface area contributed by atoms with Gasteiger partial charge in [-0.25, -0.2) is 0 Å². The van der Waals surface area contributed by atoms with E-state index in [9.17, 15) is 0 Å². The summed E-state index contributed by atoms with van der Waals surface area (Å²) in [6.45, 7) is 12.8. The maximum atomic E-state index is 3.75. The lowest BCUT2D eigenvalue weighted by molar-refractivity contribution is 0.0397. The van der Waals surface area contributed by atoms with Gasteiger partial charge in [0.2, 0.25) is 0 Å². The maximum absolute atomic E-state index is 3.75. The van der Waals surface area contributed by atoms with Crippen LogP contribution < -0.4 is 5.32 Å². The molecule has 20 heavy (non-hydrogen) atoms. The standard InChI is InChI=1S/C18H30N2/c1-5-18(4)14-19-17(15(2)3)13-20(18)12-11-16-9-7-6-8-10-16/h6-10,15,17,19H,5,11-14H2,1-4H3. The van der Waals surface area contributed by atoms with Gasteiger partial charge in [0.15, 0.2) is 0 Å². The van der Waals surface area contributed by atoms with Gasteiger partial charge in [-0.3, -0.25) is 4.90 Å². The summed E-state index contributed by atoms with van der Waals surface area (Å²) in [5.74, 6) is 0.704. The minimum absolute atomic E-state index is 0.306. The van der Waals surface area contributed by atoms with Crippen molar-refractivity contribution < 1.29 is 0 Å². The summed E-state index contributed by atoms with van der Waals surface area (Å²) >= 11 is 0. The fraction of sp³-hybridized carbons (Fsp3) is 0.667. The highest BCUT2D eigenvalue weighted by atomic mass is 15.3. The second-order valence-corrected chi connectivity index (χ2v) is 6.76. The zero-order chi connectivity index (χ0) is 14.6. The van der Waals surface area contributed by atoms with E-state index in [4.69, 9.17) is 0 Å². The first-order chi connectivity index (χ1) is 9.55. The molecule has 2 nitrogen and oxygen atoms in total. The number of benzene rings is 1. The molecule has 0 saturated carbocycles. The Labute approximate surface area is 124 Å². The van der Waals surface area contributed by atoms with Crippen molar-refractivity contribution in [1.29, 1.82) is 0 Å². The highest BCUT2D eigenvalue weighted by Gasteiger charge is 2.36. The summed E-state index contributed by atoms with van der Waals surface area (Å²) in [6, 6.07) is 11.5. The van der Waals surface area contributed by atoms with Gasteiger partial charge in [0.05, 0.1) is 0 Å². The molecule has 1 saturated heterocycles. The molecule has 2 heteroatoms. The van der Waals surface area contributed by atoms with E-state index >= 15 is 0 Å². The summed E-state index contributed by atoms with van der Waals surface area (Å²) in [4.78, 5) is 2.71. The average molecular weight is 274 g/mol. The number of hydrogen-bond acceptors (Lipinski definition) is 2. The van der Waals surface area contributed by atoms with Crippen molar-refractivity contribution in [2.45, 2.75) is 52.1 Å². The molecule has 2 atom stereocenters. The molecule has 112 valence electrons. The Kier molecular flexibility index (Phi) is 5.22. The fourth-order valence-electron chi connectivity index (χ4n) is 3.05. The highest BCUT2D eigenvalue weighted by Crippen LogP contribution is 2.25. The van der Waals surface area contributed by atoms with Gasteiger partial charge in [-0.1, -0.05) is 51.1 Å². The second kappa shape index (κ2) is 6.73. The van der Waals surface area contributed by atoms with Crippen LogP contribution in [-0.4, -0.2) is 36.1 Å². The van der Waals surface area contributed by atoms with Crippen molar-refractivity contribution in [2.75, 3.05) is 19.6 Å². The topological polar surface area (TPSA) is 15.3 Å². The normalized spacial score (nSPS) is 27.9. The third kappa shape index (κ3) is 3.62. The molecule has 0 bridgehead atoms. The van der Waals surface area contributed by atoms with Crippen LogP contribution in [-0.2, 0) is 6.42 Å². The Bertz CT molecular complexity index is 401. The van der Waals surface area contributed by atoms with Crippen LogP contribution in [0.15, 0.2) is 30.3 Å². The molecule has 2 rings (SSSR count). The van der Waals surface area contributed by atoms with Gasteiger partial charge < -0.3 is 5.32 Å². The molecule has 1 aliphatic heterocycles. The van der Waals surface area contributed by atoms with Crippen molar-refractivity contribution in [3.8, 4) is 0 Å². The van der Waals surface area contributed by atoms with Crippen LogP contribution in [0.1, 0.15) is 39.7 Å².